The molecule has 2 aromatic heterocycles. The Kier molecular flexibility index (Phi) is 4.86. The summed E-state index contributed by atoms with van der Waals surface area (Å²) in [5.41, 5.74) is 1.50. The Bertz CT molecular complexity index is 1040. The van der Waals surface area contributed by atoms with Crippen molar-refractivity contribution >= 4 is 60.7 Å². The van der Waals surface area contributed by atoms with Gasteiger partial charge < -0.3 is 10.2 Å². The number of anilines is 2. The number of carbonyl (C=O) groups excluding carboxylic acids is 3. The molecule has 2 N–H and O–H groups in total. The van der Waals surface area contributed by atoms with E-state index in [1.807, 2.05) is 43.3 Å². The van der Waals surface area contributed by atoms with E-state index in [1.54, 1.807) is 17.4 Å². The van der Waals surface area contributed by atoms with Crippen molar-refractivity contribution in [2.45, 2.75) is 18.8 Å². The molecule has 28 heavy (non-hydrogen) atoms. The van der Waals surface area contributed by atoms with Crippen molar-refractivity contribution in [2.24, 2.45) is 0 Å². The van der Waals surface area contributed by atoms with Gasteiger partial charge in [-0.15, -0.1) is 11.3 Å². The summed E-state index contributed by atoms with van der Waals surface area (Å²) in [7, 11) is 3.87. The van der Waals surface area contributed by atoms with Crippen LogP contribution in [-0.2, 0) is 9.59 Å². The Balaban J connectivity index is 1.51. The van der Waals surface area contributed by atoms with E-state index in [2.05, 4.69) is 15.6 Å². The molecule has 1 aromatic carbocycles. The highest BCUT2D eigenvalue weighted by molar-refractivity contribution is 7.29. The summed E-state index contributed by atoms with van der Waals surface area (Å²) in [6.45, 7) is 0. The second-order valence-corrected chi connectivity index (χ2v) is 8.87. The van der Waals surface area contributed by atoms with E-state index in [9.17, 15) is 14.4 Å². The molecule has 0 saturated carbocycles. The first-order valence-corrected chi connectivity index (χ1v) is 10.3. The van der Waals surface area contributed by atoms with Gasteiger partial charge in [0, 0.05) is 38.5 Å². The molecule has 0 atom stereocenters. The van der Waals surface area contributed by atoms with Crippen LogP contribution in [0, 0.1) is 0 Å². The van der Waals surface area contributed by atoms with Gasteiger partial charge in [0.05, 0.1) is 9.58 Å². The fourth-order valence-corrected chi connectivity index (χ4v) is 5.13. The molecule has 1 aliphatic rings. The number of aromatic nitrogens is 1. The first-order chi connectivity index (χ1) is 13.4. The highest BCUT2D eigenvalue weighted by atomic mass is 32.1. The number of hydrogen-bond donors (Lipinski definition) is 2. The molecule has 4 rings (SSSR count). The molecule has 0 bridgehead atoms. The van der Waals surface area contributed by atoms with E-state index < -0.39 is 0 Å². The summed E-state index contributed by atoms with van der Waals surface area (Å²) in [5, 5.41) is 6.12. The molecule has 3 amide bonds. The Morgan fingerprint density at radius 2 is 1.93 bits per heavy atom. The lowest BCUT2D eigenvalue weighted by Crippen LogP contribution is -2.37. The lowest BCUT2D eigenvalue weighted by molar-refractivity contribution is -0.133. The zero-order valence-electron chi connectivity index (χ0n) is 15.3. The number of thiazole rings is 1. The molecule has 0 spiro atoms. The van der Waals surface area contributed by atoms with Crippen molar-refractivity contribution in [1.29, 1.82) is 0 Å². The molecule has 1 fully saturated rings. The van der Waals surface area contributed by atoms with Gasteiger partial charge in [-0.1, -0.05) is 23.5 Å². The molecule has 7 nitrogen and oxygen atoms in total. The van der Waals surface area contributed by atoms with Gasteiger partial charge in [-0.3, -0.25) is 19.7 Å². The molecule has 9 heteroatoms. The minimum absolute atomic E-state index is 0.168. The van der Waals surface area contributed by atoms with Crippen LogP contribution in [0.25, 0.3) is 9.53 Å². The van der Waals surface area contributed by atoms with E-state index in [0.29, 0.717) is 10.6 Å². The number of fused-ring (bicyclic) bond motifs is 1. The minimum Gasteiger partial charge on any atom is -0.354 e. The van der Waals surface area contributed by atoms with Gasteiger partial charge in [0.1, 0.15) is 4.83 Å². The van der Waals surface area contributed by atoms with Crippen LogP contribution in [-0.4, -0.2) is 36.8 Å². The van der Waals surface area contributed by atoms with Crippen molar-refractivity contribution in [1.82, 2.24) is 10.3 Å². The maximum atomic E-state index is 12.6. The van der Waals surface area contributed by atoms with Gasteiger partial charge in [-0.2, -0.15) is 0 Å². The highest BCUT2D eigenvalue weighted by Gasteiger charge is 2.26. The fraction of sp³-hybridized carbons (Fsp3) is 0.263. The van der Waals surface area contributed by atoms with E-state index >= 15 is 0 Å². The number of hydrogen-bond acceptors (Lipinski definition) is 7. The molecule has 1 aliphatic heterocycles. The molecule has 3 aromatic rings. The molecule has 3 heterocycles. The van der Waals surface area contributed by atoms with Crippen molar-refractivity contribution in [3.63, 3.8) is 0 Å². The SMILES string of the molecule is CN(C)c1nc2sc(C(=O)Nc3cccc(C4CC(=O)NC(=O)C4)c3)cc2s1. The van der Waals surface area contributed by atoms with Crippen molar-refractivity contribution in [2.75, 3.05) is 24.3 Å². The summed E-state index contributed by atoms with van der Waals surface area (Å²) in [4.78, 5) is 43.8. The Morgan fingerprint density at radius 3 is 2.61 bits per heavy atom. The molecule has 0 radical (unpaired) electrons. The van der Waals surface area contributed by atoms with Crippen LogP contribution in [0.4, 0.5) is 10.8 Å². The number of piperidine rings is 1. The smallest absolute Gasteiger partial charge is 0.265 e. The van der Waals surface area contributed by atoms with Crippen LogP contribution >= 0.6 is 22.7 Å². The molecule has 144 valence electrons. The zero-order chi connectivity index (χ0) is 19.8. The predicted octanol–water partition coefficient (Wildman–Crippen LogP) is 3.20. The largest absolute Gasteiger partial charge is 0.354 e. The van der Waals surface area contributed by atoms with E-state index in [1.165, 1.54) is 11.3 Å². The third kappa shape index (κ3) is 3.76. The number of rotatable bonds is 4. The lowest BCUT2D eigenvalue weighted by Gasteiger charge is -2.21. The van der Waals surface area contributed by atoms with Gasteiger partial charge in [0.15, 0.2) is 5.13 Å². The quantitative estimate of drug-likeness (QED) is 0.640. The van der Waals surface area contributed by atoms with Crippen molar-refractivity contribution < 1.29 is 14.4 Å². The van der Waals surface area contributed by atoms with Gasteiger partial charge in [0.25, 0.3) is 5.91 Å². The number of imide groups is 1. The average molecular weight is 415 g/mol. The first-order valence-electron chi connectivity index (χ1n) is 8.71. The summed E-state index contributed by atoms with van der Waals surface area (Å²) in [5.74, 6) is -0.895. The predicted molar refractivity (Wildman–Crippen MR) is 111 cm³/mol. The second kappa shape index (κ2) is 7.33. The molecule has 1 saturated heterocycles. The second-order valence-electron chi connectivity index (χ2n) is 6.83. The third-order valence-corrected chi connectivity index (χ3v) is 6.77. The standard InChI is InChI=1S/C19H18N4O3S2/c1-23(2)19-22-18-14(28-19)9-13(27-18)17(26)20-12-5-3-4-10(6-12)11-7-15(24)21-16(25)8-11/h3-6,9,11H,7-8H2,1-2H3,(H,20,26)(H,21,24,25). The maximum absolute atomic E-state index is 12.6. The zero-order valence-corrected chi connectivity index (χ0v) is 16.9. The van der Waals surface area contributed by atoms with Crippen LogP contribution in [0.5, 0.6) is 0 Å². The van der Waals surface area contributed by atoms with E-state index in [4.69, 9.17) is 0 Å². The van der Waals surface area contributed by atoms with Gasteiger partial charge in [-0.05, 0) is 23.8 Å². The molecular weight excluding hydrogens is 396 g/mol. The van der Waals surface area contributed by atoms with Crippen LogP contribution in [0.1, 0.15) is 34.0 Å². The van der Waals surface area contributed by atoms with Crippen molar-refractivity contribution in [3.05, 3.63) is 40.8 Å². The Hall–Kier alpha value is -2.78. The fourth-order valence-electron chi connectivity index (χ4n) is 3.10. The average Bonchev–Trinajstić information content (AvgIpc) is 3.20. The van der Waals surface area contributed by atoms with Crippen LogP contribution in [0.15, 0.2) is 30.3 Å². The Labute approximate surface area is 169 Å². The van der Waals surface area contributed by atoms with Gasteiger partial charge >= 0.3 is 0 Å². The number of carbonyl (C=O) groups is 3. The summed E-state index contributed by atoms with van der Waals surface area (Å²) >= 11 is 2.91. The number of nitrogens with one attached hydrogen (secondary N) is 2. The number of benzene rings is 1. The monoisotopic (exact) mass is 414 g/mol. The number of nitrogens with zero attached hydrogens (tertiary/aromatic N) is 2. The molecule has 0 unspecified atom stereocenters. The summed E-state index contributed by atoms with van der Waals surface area (Å²) < 4.78 is 0.985. The molecular formula is C19H18N4O3S2. The van der Waals surface area contributed by atoms with Crippen LogP contribution in [0.3, 0.4) is 0 Å². The highest BCUT2D eigenvalue weighted by Crippen LogP contribution is 2.34. The minimum atomic E-state index is -0.265. The first kappa shape index (κ1) is 18.6. The topological polar surface area (TPSA) is 91.4 Å². The van der Waals surface area contributed by atoms with Gasteiger partial charge in [0.2, 0.25) is 11.8 Å². The van der Waals surface area contributed by atoms with Crippen LogP contribution in [0.2, 0.25) is 0 Å². The van der Waals surface area contributed by atoms with Gasteiger partial charge in [-0.25, -0.2) is 4.98 Å². The summed E-state index contributed by atoms with van der Waals surface area (Å²) in [6.07, 6.45) is 0.536. The lowest BCUT2D eigenvalue weighted by atomic mass is 9.89. The summed E-state index contributed by atoms with van der Waals surface area (Å²) in [6, 6.07) is 9.17. The third-order valence-electron chi connectivity index (χ3n) is 4.44. The number of thiophene rings is 1. The molecule has 0 aliphatic carbocycles. The van der Waals surface area contributed by atoms with E-state index in [0.717, 1.165) is 20.2 Å². The number of amides is 3. The normalized spacial score (nSPS) is 14.9. The van der Waals surface area contributed by atoms with Crippen molar-refractivity contribution in [3.8, 4) is 0 Å². The van der Waals surface area contributed by atoms with Crippen LogP contribution < -0.4 is 15.5 Å². The Morgan fingerprint density at radius 1 is 1.18 bits per heavy atom. The van der Waals surface area contributed by atoms with E-state index in [-0.39, 0.29) is 36.5 Å². The maximum Gasteiger partial charge on any atom is 0.265 e.